The van der Waals surface area contributed by atoms with Crippen molar-refractivity contribution in [2.45, 2.75) is 62.2 Å². The fourth-order valence-electron chi connectivity index (χ4n) is 4.55. The van der Waals surface area contributed by atoms with Gasteiger partial charge in [-0.1, -0.05) is 18.5 Å². The van der Waals surface area contributed by atoms with Crippen LogP contribution in [0.15, 0.2) is 28.2 Å². The third kappa shape index (κ3) is 6.24. The molecule has 4 rings (SSSR count). The minimum atomic E-state index is -4.18. The van der Waals surface area contributed by atoms with Gasteiger partial charge >= 0.3 is 6.61 Å². The first-order valence-corrected chi connectivity index (χ1v) is 14.1. The summed E-state index contributed by atoms with van der Waals surface area (Å²) in [7, 11) is -4.18. The number of alkyl halides is 3. The first-order chi connectivity index (χ1) is 18.0. The first kappa shape index (κ1) is 28.6. The van der Waals surface area contributed by atoms with Gasteiger partial charge in [0.25, 0.3) is 5.56 Å². The summed E-state index contributed by atoms with van der Waals surface area (Å²) in [5.41, 5.74) is -1.54. The molecule has 2 aromatic heterocycles. The third-order valence-corrected chi connectivity index (χ3v) is 8.95. The van der Waals surface area contributed by atoms with Gasteiger partial charge in [-0.2, -0.15) is 18.2 Å². The summed E-state index contributed by atoms with van der Waals surface area (Å²) >= 11 is 6.27. The van der Waals surface area contributed by atoms with Gasteiger partial charge in [-0.05, 0) is 38.2 Å². The zero-order valence-electron chi connectivity index (χ0n) is 20.7. The van der Waals surface area contributed by atoms with Crippen LogP contribution in [-0.4, -0.2) is 72.6 Å². The van der Waals surface area contributed by atoms with Gasteiger partial charge < -0.3 is 14.8 Å². The van der Waals surface area contributed by atoms with Gasteiger partial charge in [-0.3, -0.25) is 9.78 Å². The number of rotatable bonds is 9. The lowest BCUT2D eigenvalue weighted by Crippen LogP contribution is -2.42. The van der Waals surface area contributed by atoms with Crippen molar-refractivity contribution in [2.24, 2.45) is 0 Å². The van der Waals surface area contributed by atoms with E-state index in [2.05, 4.69) is 20.1 Å². The van der Waals surface area contributed by atoms with E-state index in [1.165, 1.54) is 16.9 Å². The van der Waals surface area contributed by atoms with E-state index in [0.29, 0.717) is 31.6 Å². The molecule has 210 valence electrons. The largest absolute Gasteiger partial charge is 0.432 e. The predicted molar refractivity (Wildman–Crippen MR) is 133 cm³/mol. The fraction of sp³-hybridized carbons (Fsp3) is 0.609. The van der Waals surface area contributed by atoms with E-state index in [1.54, 1.807) is 6.92 Å². The minimum Gasteiger partial charge on any atom is -0.432 e. The van der Waals surface area contributed by atoms with Crippen molar-refractivity contribution >= 4 is 27.3 Å². The Balaban J connectivity index is 1.46. The monoisotopic (exact) mass is 579 g/mol. The van der Waals surface area contributed by atoms with Gasteiger partial charge in [0, 0.05) is 25.4 Å². The molecule has 2 aliphatic rings. The maximum atomic E-state index is 14.8. The Morgan fingerprint density at radius 2 is 2.05 bits per heavy atom. The summed E-state index contributed by atoms with van der Waals surface area (Å²) in [6.07, 6.45) is 4.13. The number of pyridine rings is 1. The number of ether oxygens (including phenoxy) is 2. The normalized spacial score (nSPS) is 21.5. The second kappa shape index (κ2) is 11.8. The summed E-state index contributed by atoms with van der Waals surface area (Å²) in [6, 6.07) is 0.790. The molecule has 1 N–H and O–H groups in total. The van der Waals surface area contributed by atoms with Gasteiger partial charge in [0.15, 0.2) is 11.4 Å². The average molecular weight is 580 g/mol. The molecule has 38 heavy (non-hydrogen) atoms. The summed E-state index contributed by atoms with van der Waals surface area (Å²) in [5.74, 6) is -0.526. The Morgan fingerprint density at radius 3 is 2.68 bits per heavy atom. The molecule has 0 aliphatic carbocycles. The second-order valence-electron chi connectivity index (χ2n) is 9.27. The van der Waals surface area contributed by atoms with Crippen LogP contribution in [0.2, 0.25) is 5.02 Å². The van der Waals surface area contributed by atoms with Crippen LogP contribution in [0, 0.1) is 0 Å². The van der Waals surface area contributed by atoms with Crippen molar-refractivity contribution in [1.29, 1.82) is 0 Å². The Morgan fingerprint density at radius 1 is 1.32 bits per heavy atom. The summed E-state index contributed by atoms with van der Waals surface area (Å²) in [6.45, 7) is -1.04. The highest BCUT2D eigenvalue weighted by molar-refractivity contribution is 7.89. The number of hydrogen-bond donors (Lipinski definition) is 1. The summed E-state index contributed by atoms with van der Waals surface area (Å²) in [5, 5.41) is 6.89. The van der Waals surface area contributed by atoms with E-state index in [-0.39, 0.29) is 54.7 Å². The standard InChI is InChI=1S/C23H29ClF3N5O5S/c1-2-15-10-19(18(12-28-15)37-22(25)26)38(34,35)31-7-4-16(5-8-31)32-21(33)20(24)17(11-30-32)29-13-23(27)6-3-9-36-14-23/h10-12,16,22,29H,2-9,13-14H2,1H3/t23-/m0/s1. The molecular formula is C23H29ClF3N5O5S. The van der Waals surface area contributed by atoms with Crippen LogP contribution in [0.25, 0.3) is 0 Å². The fourth-order valence-corrected chi connectivity index (χ4v) is 6.36. The molecule has 0 amide bonds. The van der Waals surface area contributed by atoms with Crippen molar-refractivity contribution in [3.8, 4) is 5.75 Å². The Hall–Kier alpha value is -2.42. The third-order valence-electron chi connectivity index (χ3n) is 6.67. The molecule has 10 nitrogen and oxygen atoms in total. The van der Waals surface area contributed by atoms with Crippen LogP contribution in [0.1, 0.15) is 44.3 Å². The smallest absolute Gasteiger partial charge is 0.387 e. The molecule has 0 radical (unpaired) electrons. The lowest BCUT2D eigenvalue weighted by atomic mass is 9.99. The number of aromatic nitrogens is 3. The van der Waals surface area contributed by atoms with Gasteiger partial charge in [-0.25, -0.2) is 17.5 Å². The van der Waals surface area contributed by atoms with Gasteiger partial charge in [0.05, 0.1) is 37.3 Å². The zero-order chi connectivity index (χ0) is 27.5. The number of nitrogens with one attached hydrogen (secondary N) is 1. The highest BCUT2D eigenvalue weighted by Crippen LogP contribution is 2.32. The van der Waals surface area contributed by atoms with Gasteiger partial charge in [0.1, 0.15) is 9.92 Å². The minimum absolute atomic E-state index is 0.0149. The summed E-state index contributed by atoms with van der Waals surface area (Å²) < 4.78 is 79.2. The second-order valence-corrected chi connectivity index (χ2v) is 11.6. The lowest BCUT2D eigenvalue weighted by Gasteiger charge is -2.32. The van der Waals surface area contributed by atoms with Gasteiger partial charge in [-0.15, -0.1) is 0 Å². The van der Waals surface area contributed by atoms with E-state index in [4.69, 9.17) is 16.3 Å². The van der Waals surface area contributed by atoms with Crippen molar-refractivity contribution in [1.82, 2.24) is 19.1 Å². The number of sulfonamides is 1. The molecular weight excluding hydrogens is 551 g/mol. The van der Waals surface area contributed by atoms with E-state index in [1.807, 2.05) is 0 Å². The molecule has 0 unspecified atom stereocenters. The van der Waals surface area contributed by atoms with E-state index >= 15 is 0 Å². The van der Waals surface area contributed by atoms with Crippen molar-refractivity contribution in [3.63, 3.8) is 0 Å². The topological polar surface area (TPSA) is 116 Å². The van der Waals surface area contributed by atoms with Crippen molar-refractivity contribution in [2.75, 3.05) is 38.2 Å². The van der Waals surface area contributed by atoms with Crippen LogP contribution in [-0.2, 0) is 21.2 Å². The van der Waals surface area contributed by atoms with E-state index in [9.17, 15) is 26.4 Å². The molecule has 2 fully saturated rings. The van der Waals surface area contributed by atoms with Crippen LogP contribution in [0.4, 0.5) is 18.9 Å². The number of anilines is 1. The molecule has 0 saturated carbocycles. The molecule has 4 heterocycles. The molecule has 1 atom stereocenters. The number of aryl methyl sites for hydroxylation is 1. The van der Waals surface area contributed by atoms with Crippen LogP contribution >= 0.6 is 11.6 Å². The molecule has 2 aliphatic heterocycles. The maximum Gasteiger partial charge on any atom is 0.387 e. The van der Waals surface area contributed by atoms with Crippen LogP contribution in [0.3, 0.4) is 0 Å². The number of hydrogen-bond acceptors (Lipinski definition) is 8. The molecule has 0 spiro atoms. The van der Waals surface area contributed by atoms with E-state index < -0.39 is 39.7 Å². The molecule has 0 bridgehead atoms. The molecule has 15 heteroatoms. The van der Waals surface area contributed by atoms with Crippen molar-refractivity contribution < 1.29 is 31.1 Å². The van der Waals surface area contributed by atoms with Crippen LogP contribution in [0.5, 0.6) is 5.75 Å². The Labute approximate surface area is 223 Å². The highest BCUT2D eigenvalue weighted by atomic mass is 35.5. The average Bonchev–Trinajstić information content (AvgIpc) is 2.90. The van der Waals surface area contributed by atoms with Gasteiger partial charge in [0.2, 0.25) is 10.0 Å². The van der Waals surface area contributed by atoms with Crippen LogP contribution < -0.4 is 15.6 Å². The summed E-state index contributed by atoms with van der Waals surface area (Å²) in [4.78, 5) is 16.5. The number of halogens is 4. The predicted octanol–water partition coefficient (Wildman–Crippen LogP) is 3.41. The number of piperidine rings is 1. The number of nitrogens with zero attached hydrogens (tertiary/aromatic N) is 4. The highest BCUT2D eigenvalue weighted by Gasteiger charge is 2.35. The molecule has 0 aromatic carbocycles. The van der Waals surface area contributed by atoms with Crippen molar-refractivity contribution in [3.05, 3.63) is 39.5 Å². The quantitative estimate of drug-likeness (QED) is 0.481. The van der Waals surface area contributed by atoms with E-state index in [0.717, 1.165) is 10.5 Å². The first-order valence-electron chi connectivity index (χ1n) is 12.3. The molecule has 2 saturated heterocycles. The molecule has 2 aromatic rings. The Kier molecular flexibility index (Phi) is 8.85. The Bertz CT molecular complexity index is 1300. The lowest BCUT2D eigenvalue weighted by molar-refractivity contribution is -0.0520. The zero-order valence-corrected chi connectivity index (χ0v) is 22.3. The maximum absolute atomic E-state index is 14.8. The SMILES string of the molecule is CCc1cc(S(=O)(=O)N2CCC(n3ncc(NC[C@@]4(F)CCCOC4)c(Cl)c3=O)CC2)c(OC(F)F)cn1.